The summed E-state index contributed by atoms with van der Waals surface area (Å²) in [5, 5.41) is 0.688. The van der Waals surface area contributed by atoms with Crippen LogP contribution in [0.5, 0.6) is 5.48 Å². The molecule has 0 aliphatic carbocycles. The third-order valence-electron chi connectivity index (χ3n) is 4.46. The molecule has 0 aliphatic heterocycles. The molecule has 1 aromatic heterocycles. The highest BCUT2D eigenvalue weighted by Gasteiger charge is 2.20. The smallest absolute Gasteiger partial charge is 0.347 e. The van der Waals surface area contributed by atoms with Crippen molar-refractivity contribution in [2.45, 2.75) is 20.5 Å². The summed E-state index contributed by atoms with van der Waals surface area (Å²) in [6.45, 7) is 3.93. The number of halogens is 1. The van der Waals surface area contributed by atoms with Crippen molar-refractivity contribution < 1.29 is 23.8 Å². The van der Waals surface area contributed by atoms with Gasteiger partial charge in [-0.2, -0.15) is 0 Å². The van der Waals surface area contributed by atoms with Crippen LogP contribution in [0.3, 0.4) is 0 Å². The van der Waals surface area contributed by atoms with Gasteiger partial charge in [-0.1, -0.05) is 29.8 Å². The normalized spacial score (nSPS) is 10.4. The lowest BCUT2D eigenvalue weighted by atomic mass is 10.2. The van der Waals surface area contributed by atoms with Gasteiger partial charge in [0.2, 0.25) is 0 Å². The molecule has 0 bridgehead atoms. The van der Waals surface area contributed by atoms with Crippen LogP contribution in [0.2, 0.25) is 5.02 Å². The van der Waals surface area contributed by atoms with Crippen molar-refractivity contribution in [1.29, 1.82) is 0 Å². The summed E-state index contributed by atoms with van der Waals surface area (Å²) in [6.07, 6.45) is 3.17. The number of carbonyl (C=O) groups is 2. The van der Waals surface area contributed by atoms with E-state index >= 15 is 0 Å². The van der Waals surface area contributed by atoms with E-state index in [1.54, 1.807) is 13.8 Å². The summed E-state index contributed by atoms with van der Waals surface area (Å²) in [5.74, 6) is -1.53. The number of benzene rings is 2. The Kier molecular flexibility index (Phi) is 9.38. The Morgan fingerprint density at radius 2 is 1.68 bits per heavy atom. The van der Waals surface area contributed by atoms with Gasteiger partial charge in [0.25, 0.3) is 0 Å². The lowest BCUT2D eigenvalue weighted by molar-refractivity contribution is -0.146. The van der Waals surface area contributed by atoms with Crippen LogP contribution < -0.4 is 15.6 Å². The van der Waals surface area contributed by atoms with Crippen LogP contribution in [0.1, 0.15) is 19.4 Å². The number of nitrogens with zero attached hydrogens (tertiary/aromatic N) is 1. The van der Waals surface area contributed by atoms with E-state index < -0.39 is 11.9 Å². The number of rotatable bonds is 11. The van der Waals surface area contributed by atoms with Gasteiger partial charge in [-0.15, -0.1) is 0 Å². The molecular formula is C24H25ClN3O5P. The molecule has 0 amide bonds. The van der Waals surface area contributed by atoms with Crippen LogP contribution in [0.25, 0.3) is 5.69 Å². The molecule has 0 saturated heterocycles. The van der Waals surface area contributed by atoms with Gasteiger partial charge >= 0.3 is 11.9 Å². The van der Waals surface area contributed by atoms with Crippen molar-refractivity contribution >= 4 is 37.6 Å². The van der Waals surface area contributed by atoms with Gasteiger partial charge in [-0.3, -0.25) is 4.33 Å². The molecular weight excluding hydrogens is 477 g/mol. The summed E-state index contributed by atoms with van der Waals surface area (Å²) >= 11 is 5.96. The van der Waals surface area contributed by atoms with Gasteiger partial charge in [0.15, 0.2) is 11.1 Å². The fraction of sp³-hybridized carbons (Fsp3) is 0.208. The maximum Gasteiger partial charge on any atom is 0.347 e. The third-order valence-corrected chi connectivity index (χ3v) is 5.77. The second-order valence-corrected chi connectivity index (χ2v) is 8.30. The molecule has 2 aromatic carbocycles. The summed E-state index contributed by atoms with van der Waals surface area (Å²) in [4.78, 5) is 24.1. The molecule has 0 fully saturated rings. The van der Waals surface area contributed by atoms with Crippen LogP contribution in [0, 0.1) is 0 Å². The highest BCUT2D eigenvalue weighted by atomic mass is 35.5. The highest BCUT2D eigenvalue weighted by molar-refractivity contribution is 7.29. The molecule has 0 unspecified atom stereocenters. The zero-order chi connectivity index (χ0) is 24.3. The number of aromatic nitrogens is 1. The van der Waals surface area contributed by atoms with Crippen LogP contribution in [-0.2, 0) is 25.7 Å². The number of ether oxygens (including phenoxy) is 3. The standard InChI is InChI=1S/C24H25ClN3O5P/c1-3-31-23(29)20(24(30)32-4-2)15-26-27-21-8-6-5-7-17(21)16-33-22-13-14-28(34-22)19-11-9-18(25)10-12-19/h5-15,26-27H,3-4,16H2,1-2H3. The first kappa shape index (κ1) is 25.1. The SMILES string of the molecule is CCOC(=O)C(=CNNc1ccccc1COc1ccn(-c2ccc(Cl)cc2)p1)C(=O)OCC. The predicted molar refractivity (Wildman–Crippen MR) is 132 cm³/mol. The van der Waals surface area contributed by atoms with Crippen LogP contribution in [-0.4, -0.2) is 29.5 Å². The number of hydrogen-bond acceptors (Lipinski definition) is 7. The Morgan fingerprint density at radius 1 is 1.00 bits per heavy atom. The Morgan fingerprint density at radius 3 is 2.35 bits per heavy atom. The monoisotopic (exact) mass is 501 g/mol. The Balaban J connectivity index is 1.64. The largest absolute Gasteiger partial charge is 0.483 e. The minimum atomic E-state index is -0.763. The summed E-state index contributed by atoms with van der Waals surface area (Å²) in [7, 11) is 0.894. The molecule has 34 heavy (non-hydrogen) atoms. The van der Waals surface area contributed by atoms with Gasteiger partial charge < -0.3 is 25.1 Å². The van der Waals surface area contributed by atoms with Crippen LogP contribution in [0.4, 0.5) is 5.69 Å². The molecule has 0 radical (unpaired) electrons. The zero-order valence-electron chi connectivity index (χ0n) is 18.8. The predicted octanol–water partition coefficient (Wildman–Crippen LogP) is 5.22. The number of hydrazine groups is 1. The van der Waals surface area contributed by atoms with E-state index in [1.807, 2.05) is 65.1 Å². The quantitative estimate of drug-likeness (QED) is 0.122. The van der Waals surface area contributed by atoms with Crippen molar-refractivity contribution in [3.63, 3.8) is 0 Å². The second kappa shape index (κ2) is 12.7. The second-order valence-electron chi connectivity index (χ2n) is 6.79. The third kappa shape index (κ3) is 7.01. The molecule has 0 aliphatic rings. The molecule has 8 nitrogen and oxygen atoms in total. The number of nitrogens with one attached hydrogen (secondary N) is 2. The highest BCUT2D eigenvalue weighted by Crippen LogP contribution is 2.30. The van der Waals surface area contributed by atoms with Gasteiger partial charge in [0.1, 0.15) is 6.61 Å². The van der Waals surface area contributed by atoms with E-state index in [9.17, 15) is 9.59 Å². The first-order chi connectivity index (χ1) is 16.5. The van der Waals surface area contributed by atoms with E-state index in [2.05, 4.69) is 10.9 Å². The number of carbonyl (C=O) groups excluding carboxylic acids is 2. The van der Waals surface area contributed by atoms with Gasteiger partial charge in [-0.25, -0.2) is 9.59 Å². The topological polar surface area (TPSA) is 90.8 Å². The molecule has 10 heteroatoms. The van der Waals surface area contributed by atoms with Gasteiger partial charge in [-0.05, 0) is 44.2 Å². The number of esters is 2. The molecule has 3 aromatic rings. The molecule has 3 rings (SSSR count). The minimum Gasteiger partial charge on any atom is -0.483 e. The maximum atomic E-state index is 12.1. The molecule has 0 saturated carbocycles. The molecule has 178 valence electrons. The van der Waals surface area contributed by atoms with Crippen molar-refractivity contribution in [1.82, 2.24) is 9.76 Å². The number of anilines is 1. The fourth-order valence-electron chi connectivity index (χ4n) is 2.85. The lowest BCUT2D eigenvalue weighted by Gasteiger charge is -2.13. The number of para-hydroxylation sites is 1. The average Bonchev–Trinajstić information content (AvgIpc) is 3.31. The summed E-state index contributed by atoms with van der Waals surface area (Å²) < 4.78 is 17.9. The summed E-state index contributed by atoms with van der Waals surface area (Å²) in [5.41, 5.74) is 8.91. The van der Waals surface area contributed by atoms with E-state index in [0.717, 1.165) is 30.8 Å². The molecule has 2 N–H and O–H groups in total. The lowest BCUT2D eigenvalue weighted by Crippen LogP contribution is -2.24. The van der Waals surface area contributed by atoms with Crippen LogP contribution >= 0.6 is 20.0 Å². The van der Waals surface area contributed by atoms with Crippen molar-refractivity contribution in [3.05, 3.63) is 83.2 Å². The fourth-order valence-corrected chi connectivity index (χ4v) is 3.82. The Bertz CT molecular complexity index is 1130. The van der Waals surface area contributed by atoms with Crippen molar-refractivity contribution in [2.24, 2.45) is 0 Å². The molecule has 1 heterocycles. The Labute approximate surface area is 204 Å². The van der Waals surface area contributed by atoms with E-state index in [0.29, 0.717) is 11.6 Å². The number of hydrogen-bond donors (Lipinski definition) is 2. The Hall–Kier alpha value is -3.48. The van der Waals surface area contributed by atoms with E-state index in [4.69, 9.17) is 25.8 Å². The average molecular weight is 502 g/mol. The summed E-state index contributed by atoms with van der Waals surface area (Å²) in [6, 6.07) is 17.0. The minimum absolute atomic E-state index is 0.144. The van der Waals surface area contributed by atoms with Crippen molar-refractivity contribution in [2.75, 3.05) is 18.6 Å². The first-order valence-corrected chi connectivity index (χ1v) is 11.8. The van der Waals surface area contributed by atoms with E-state index in [-0.39, 0.29) is 18.8 Å². The molecule has 0 atom stereocenters. The maximum absolute atomic E-state index is 12.1. The van der Waals surface area contributed by atoms with Crippen LogP contribution in [0.15, 0.2) is 72.6 Å². The molecule has 0 spiro atoms. The zero-order valence-corrected chi connectivity index (χ0v) is 20.4. The van der Waals surface area contributed by atoms with E-state index in [1.165, 1.54) is 6.20 Å². The van der Waals surface area contributed by atoms with Gasteiger partial charge in [0, 0.05) is 34.7 Å². The van der Waals surface area contributed by atoms with Gasteiger partial charge in [0.05, 0.1) is 27.3 Å². The first-order valence-electron chi connectivity index (χ1n) is 10.6. The van der Waals surface area contributed by atoms with Crippen molar-refractivity contribution in [3.8, 4) is 11.2 Å².